The van der Waals surface area contributed by atoms with Crippen LogP contribution in [0.25, 0.3) is 0 Å². The molecule has 3 N–H and O–H groups in total. The van der Waals surface area contributed by atoms with Crippen LogP contribution in [0, 0.1) is 12.8 Å². The first-order chi connectivity index (χ1) is 8.45. The van der Waals surface area contributed by atoms with E-state index in [0.717, 1.165) is 17.5 Å². The monoisotopic (exact) mass is 251 g/mol. The highest BCUT2D eigenvalue weighted by atomic mass is 16.3. The lowest BCUT2D eigenvalue weighted by Crippen LogP contribution is -2.36. The molecule has 2 atom stereocenters. The van der Waals surface area contributed by atoms with Gasteiger partial charge in [-0.15, -0.1) is 0 Å². The molecule has 0 amide bonds. The molecule has 3 nitrogen and oxygen atoms in total. The molecule has 2 unspecified atom stereocenters. The standard InChI is InChI=1S/C15H25NO2/c1-10(2)14(7-8-17)16-12(4)13-6-5-11(3)9-15(13)18/h5-6,9-10,12,14,16-18H,7-8H2,1-4H3. The molecule has 0 aliphatic rings. The number of hydrogen-bond acceptors (Lipinski definition) is 3. The predicted molar refractivity (Wildman–Crippen MR) is 74.7 cm³/mol. The Morgan fingerprint density at radius 1 is 1.22 bits per heavy atom. The lowest BCUT2D eigenvalue weighted by Gasteiger charge is -2.26. The highest BCUT2D eigenvalue weighted by Crippen LogP contribution is 2.26. The highest BCUT2D eigenvalue weighted by molar-refractivity contribution is 5.37. The molecular weight excluding hydrogens is 226 g/mol. The number of phenolic OH excluding ortho intramolecular Hbond substituents is 1. The zero-order valence-corrected chi connectivity index (χ0v) is 11.8. The first kappa shape index (κ1) is 15.0. The van der Waals surface area contributed by atoms with Crippen molar-refractivity contribution in [2.24, 2.45) is 5.92 Å². The van der Waals surface area contributed by atoms with Crippen molar-refractivity contribution in [1.29, 1.82) is 0 Å². The van der Waals surface area contributed by atoms with Crippen LogP contribution < -0.4 is 5.32 Å². The highest BCUT2D eigenvalue weighted by Gasteiger charge is 2.18. The summed E-state index contributed by atoms with van der Waals surface area (Å²) in [5.74, 6) is 0.786. The van der Waals surface area contributed by atoms with E-state index in [1.54, 1.807) is 6.07 Å². The Labute approximate surface area is 110 Å². The van der Waals surface area contributed by atoms with Gasteiger partial charge in [0.15, 0.2) is 0 Å². The first-order valence-corrected chi connectivity index (χ1v) is 6.62. The zero-order valence-electron chi connectivity index (χ0n) is 11.8. The molecule has 1 rings (SSSR count). The lowest BCUT2D eigenvalue weighted by molar-refractivity contribution is 0.236. The summed E-state index contributed by atoms with van der Waals surface area (Å²) in [5.41, 5.74) is 1.96. The molecular formula is C15H25NO2. The molecule has 0 heterocycles. The maximum Gasteiger partial charge on any atom is 0.120 e. The Morgan fingerprint density at radius 2 is 1.89 bits per heavy atom. The quantitative estimate of drug-likeness (QED) is 0.728. The molecule has 0 saturated carbocycles. The second kappa shape index (κ2) is 6.76. The van der Waals surface area contributed by atoms with Crippen molar-refractivity contribution in [2.45, 2.75) is 46.2 Å². The zero-order chi connectivity index (χ0) is 13.7. The smallest absolute Gasteiger partial charge is 0.120 e. The SMILES string of the molecule is Cc1ccc(C(C)NC(CCO)C(C)C)c(O)c1. The average molecular weight is 251 g/mol. The normalized spacial score (nSPS) is 14.8. The van der Waals surface area contributed by atoms with E-state index in [2.05, 4.69) is 19.2 Å². The van der Waals surface area contributed by atoms with Gasteiger partial charge in [0.2, 0.25) is 0 Å². The molecule has 0 aromatic heterocycles. The molecule has 3 heteroatoms. The van der Waals surface area contributed by atoms with E-state index in [1.807, 2.05) is 26.0 Å². The second-order valence-corrected chi connectivity index (χ2v) is 5.31. The van der Waals surface area contributed by atoms with E-state index < -0.39 is 0 Å². The van der Waals surface area contributed by atoms with Crippen LogP contribution in [0.1, 0.15) is 44.4 Å². The molecule has 0 spiro atoms. The molecule has 0 radical (unpaired) electrons. The fourth-order valence-electron chi connectivity index (χ4n) is 2.18. The summed E-state index contributed by atoms with van der Waals surface area (Å²) in [4.78, 5) is 0. The van der Waals surface area contributed by atoms with E-state index in [0.29, 0.717) is 11.7 Å². The van der Waals surface area contributed by atoms with Crippen LogP contribution >= 0.6 is 0 Å². The predicted octanol–water partition coefficient (Wildman–Crippen LogP) is 2.76. The van der Waals surface area contributed by atoms with Crippen molar-refractivity contribution in [2.75, 3.05) is 6.61 Å². The summed E-state index contributed by atoms with van der Waals surface area (Å²) in [6, 6.07) is 6.07. The number of hydrogen-bond donors (Lipinski definition) is 3. The summed E-state index contributed by atoms with van der Waals surface area (Å²) >= 11 is 0. The maximum absolute atomic E-state index is 9.95. The van der Waals surface area contributed by atoms with Gasteiger partial charge in [-0.25, -0.2) is 0 Å². The third-order valence-electron chi connectivity index (χ3n) is 3.36. The number of rotatable bonds is 6. The molecule has 0 fully saturated rings. The van der Waals surface area contributed by atoms with Crippen LogP contribution in [0.3, 0.4) is 0 Å². The van der Waals surface area contributed by atoms with Gasteiger partial charge < -0.3 is 15.5 Å². The van der Waals surface area contributed by atoms with Crippen molar-refractivity contribution < 1.29 is 10.2 Å². The van der Waals surface area contributed by atoms with Crippen molar-refractivity contribution in [3.8, 4) is 5.75 Å². The van der Waals surface area contributed by atoms with Crippen molar-refractivity contribution in [1.82, 2.24) is 5.32 Å². The number of aryl methyl sites for hydroxylation is 1. The van der Waals surface area contributed by atoms with Crippen LogP contribution in [0.15, 0.2) is 18.2 Å². The Morgan fingerprint density at radius 3 is 2.39 bits per heavy atom. The fraction of sp³-hybridized carbons (Fsp3) is 0.600. The first-order valence-electron chi connectivity index (χ1n) is 6.62. The third kappa shape index (κ3) is 4.00. The van der Waals surface area contributed by atoms with Gasteiger partial charge >= 0.3 is 0 Å². The topological polar surface area (TPSA) is 52.5 Å². The summed E-state index contributed by atoms with van der Waals surface area (Å²) in [6.07, 6.45) is 0.731. The van der Waals surface area contributed by atoms with Gasteiger partial charge in [0.25, 0.3) is 0 Å². The van der Waals surface area contributed by atoms with Gasteiger partial charge in [0.1, 0.15) is 5.75 Å². The van der Waals surface area contributed by atoms with Crippen LogP contribution in [-0.4, -0.2) is 22.9 Å². The fourth-order valence-corrected chi connectivity index (χ4v) is 2.18. The molecule has 102 valence electrons. The van der Waals surface area contributed by atoms with E-state index in [-0.39, 0.29) is 18.7 Å². The Balaban J connectivity index is 2.76. The van der Waals surface area contributed by atoms with Gasteiger partial charge in [0, 0.05) is 24.3 Å². The van der Waals surface area contributed by atoms with Gasteiger partial charge in [-0.3, -0.25) is 0 Å². The number of aliphatic hydroxyl groups excluding tert-OH is 1. The number of benzene rings is 1. The van der Waals surface area contributed by atoms with E-state index in [1.165, 1.54) is 0 Å². The van der Waals surface area contributed by atoms with E-state index in [9.17, 15) is 5.11 Å². The second-order valence-electron chi connectivity index (χ2n) is 5.31. The van der Waals surface area contributed by atoms with E-state index in [4.69, 9.17) is 5.11 Å². The van der Waals surface area contributed by atoms with Gasteiger partial charge in [-0.1, -0.05) is 26.0 Å². The summed E-state index contributed by atoms with van der Waals surface area (Å²) < 4.78 is 0. The van der Waals surface area contributed by atoms with Crippen LogP contribution in [0.4, 0.5) is 0 Å². The number of nitrogens with one attached hydrogen (secondary N) is 1. The molecule has 0 saturated heterocycles. The third-order valence-corrected chi connectivity index (χ3v) is 3.36. The summed E-state index contributed by atoms with van der Waals surface area (Å²) in [7, 11) is 0. The van der Waals surface area contributed by atoms with Crippen LogP contribution in [0.5, 0.6) is 5.75 Å². The van der Waals surface area contributed by atoms with Gasteiger partial charge in [0.05, 0.1) is 0 Å². The van der Waals surface area contributed by atoms with Gasteiger partial charge in [-0.2, -0.15) is 0 Å². The average Bonchev–Trinajstić information content (AvgIpc) is 2.27. The summed E-state index contributed by atoms with van der Waals surface area (Å²) in [6.45, 7) is 8.45. The summed E-state index contributed by atoms with van der Waals surface area (Å²) in [5, 5.41) is 22.5. The Kier molecular flexibility index (Phi) is 5.63. The minimum Gasteiger partial charge on any atom is -0.508 e. The van der Waals surface area contributed by atoms with E-state index >= 15 is 0 Å². The Bertz CT molecular complexity index is 377. The minimum absolute atomic E-state index is 0.0737. The minimum atomic E-state index is 0.0737. The number of phenols is 1. The maximum atomic E-state index is 9.95. The Hall–Kier alpha value is -1.06. The molecule has 1 aromatic carbocycles. The number of aliphatic hydroxyl groups is 1. The largest absolute Gasteiger partial charge is 0.508 e. The molecule has 0 bridgehead atoms. The molecule has 0 aliphatic carbocycles. The van der Waals surface area contributed by atoms with Crippen LogP contribution in [-0.2, 0) is 0 Å². The van der Waals surface area contributed by atoms with Gasteiger partial charge in [-0.05, 0) is 37.8 Å². The molecule has 18 heavy (non-hydrogen) atoms. The van der Waals surface area contributed by atoms with Crippen molar-refractivity contribution >= 4 is 0 Å². The lowest BCUT2D eigenvalue weighted by atomic mass is 9.98. The van der Waals surface area contributed by atoms with Crippen molar-refractivity contribution in [3.63, 3.8) is 0 Å². The number of aromatic hydroxyl groups is 1. The molecule has 0 aliphatic heterocycles. The molecule has 1 aromatic rings. The van der Waals surface area contributed by atoms with Crippen LogP contribution in [0.2, 0.25) is 0 Å². The van der Waals surface area contributed by atoms with Crippen molar-refractivity contribution in [3.05, 3.63) is 29.3 Å².